The normalized spacial score (nSPS) is 19.6. The van der Waals surface area contributed by atoms with Gasteiger partial charge in [-0.3, -0.25) is 14.1 Å². The van der Waals surface area contributed by atoms with Crippen molar-refractivity contribution in [3.8, 4) is 11.5 Å². The Morgan fingerprint density at radius 2 is 1.70 bits per heavy atom. The van der Waals surface area contributed by atoms with Crippen LogP contribution < -0.4 is 15.0 Å². The van der Waals surface area contributed by atoms with Crippen molar-refractivity contribution in [1.29, 1.82) is 0 Å². The molecule has 6 rings (SSSR count). The van der Waals surface area contributed by atoms with Gasteiger partial charge in [0.2, 0.25) is 11.6 Å². The number of unbranched alkanes of at least 4 members (excludes halogenated alkanes) is 2. The van der Waals surface area contributed by atoms with Gasteiger partial charge in [0, 0.05) is 59.6 Å². The van der Waals surface area contributed by atoms with Crippen LogP contribution in [0.1, 0.15) is 99.2 Å². The minimum Gasteiger partial charge on any atom is -0.507 e. The standard InChI is InChI=1S/C49H61N3O8S/c1-31-19-21-41-39(27-31)48(6,7)43(52(41)25-16-23-50-47(55)38-29-37-34(4)45(54)32(2)33(3)46(37)60-35(38)5)17-12-10-13-18-44-49(8,9)40-28-36(61(56,57)58)20-22-42(40)51(44)24-14-11-15-26-59-30-53/h10,12-13,17-22,27-28,30,35,38H,11,14-16,23-26,29H2,1-9H3,(H2-,50,54,55,56,57,58)/p+1. The maximum atomic E-state index is 13.6. The van der Waals surface area contributed by atoms with Gasteiger partial charge in [-0.2, -0.15) is 13.0 Å². The van der Waals surface area contributed by atoms with Crippen molar-refractivity contribution in [3.05, 3.63) is 111 Å². The summed E-state index contributed by atoms with van der Waals surface area (Å²) < 4.78 is 47.4. The number of ether oxygens (including phenoxy) is 2. The van der Waals surface area contributed by atoms with Gasteiger partial charge in [0.15, 0.2) is 5.71 Å². The molecule has 0 saturated heterocycles. The third-order valence-corrected chi connectivity index (χ3v) is 13.8. The highest BCUT2D eigenvalue weighted by atomic mass is 32.2. The largest absolute Gasteiger partial charge is 0.507 e. The van der Waals surface area contributed by atoms with Crippen molar-refractivity contribution in [1.82, 2.24) is 5.32 Å². The van der Waals surface area contributed by atoms with Crippen molar-refractivity contribution in [2.24, 2.45) is 5.92 Å². The van der Waals surface area contributed by atoms with E-state index < -0.39 is 15.5 Å². The lowest BCUT2D eigenvalue weighted by atomic mass is 9.81. The van der Waals surface area contributed by atoms with E-state index >= 15 is 0 Å². The summed E-state index contributed by atoms with van der Waals surface area (Å²) in [6.45, 7) is 21.1. The molecular weight excluding hydrogens is 791 g/mol. The number of fused-ring (bicyclic) bond motifs is 3. The number of allylic oxidation sites excluding steroid dienone is 6. The SMILES string of the molecule is Cc1ccc2c(c1)C(C)(C)C(=CC=CC=CC1=[N+](CCCCCOC=O)c3ccc(S(=O)(=O)O)cc3C1(C)C)N2CCCNC(=O)C1Cc2c(C)c(O)c(C)c(C)c2OC1C. The molecule has 11 nitrogen and oxygen atoms in total. The zero-order valence-electron chi connectivity index (χ0n) is 37.1. The van der Waals surface area contributed by atoms with E-state index in [1.807, 2.05) is 39.8 Å². The van der Waals surface area contributed by atoms with E-state index in [-0.39, 0.29) is 34.0 Å². The van der Waals surface area contributed by atoms with Crippen LogP contribution in [0.5, 0.6) is 11.5 Å². The highest BCUT2D eigenvalue weighted by Crippen LogP contribution is 2.48. The molecule has 1 amide bonds. The Kier molecular flexibility index (Phi) is 13.4. The number of phenols is 1. The van der Waals surface area contributed by atoms with Gasteiger partial charge in [0.1, 0.15) is 24.1 Å². The molecule has 3 aliphatic heterocycles. The molecule has 0 aliphatic carbocycles. The first kappa shape index (κ1) is 45.3. The van der Waals surface area contributed by atoms with Crippen molar-refractivity contribution >= 4 is 39.6 Å². The molecule has 0 spiro atoms. The third kappa shape index (κ3) is 9.07. The molecule has 12 heteroatoms. The summed E-state index contributed by atoms with van der Waals surface area (Å²) in [5.41, 5.74) is 10.0. The van der Waals surface area contributed by atoms with Crippen LogP contribution in [0.15, 0.2) is 77.4 Å². The molecule has 0 radical (unpaired) electrons. The fourth-order valence-corrected chi connectivity index (χ4v) is 9.74. The molecular formula is C49H62N3O8S+. The summed E-state index contributed by atoms with van der Waals surface area (Å²) in [6, 6.07) is 11.3. The van der Waals surface area contributed by atoms with Crippen LogP contribution in [-0.4, -0.2) is 73.1 Å². The Balaban J connectivity index is 1.18. The average molecular weight is 853 g/mol. The van der Waals surface area contributed by atoms with E-state index in [1.54, 1.807) is 12.1 Å². The first-order valence-electron chi connectivity index (χ1n) is 21.3. The Morgan fingerprint density at radius 3 is 2.43 bits per heavy atom. The second-order valence-electron chi connectivity index (χ2n) is 17.7. The minimum atomic E-state index is -4.38. The lowest BCUT2D eigenvalue weighted by Crippen LogP contribution is -2.43. The lowest BCUT2D eigenvalue weighted by molar-refractivity contribution is -0.438. The van der Waals surface area contributed by atoms with Crippen LogP contribution in [0.2, 0.25) is 0 Å². The number of phenolic OH excluding ortho intramolecular Hbond substituents is 1. The predicted molar refractivity (Wildman–Crippen MR) is 240 cm³/mol. The summed E-state index contributed by atoms with van der Waals surface area (Å²) >= 11 is 0. The highest BCUT2D eigenvalue weighted by molar-refractivity contribution is 7.85. The zero-order chi connectivity index (χ0) is 44.4. The number of amides is 1. The predicted octanol–water partition coefficient (Wildman–Crippen LogP) is 8.53. The number of rotatable bonds is 16. The summed E-state index contributed by atoms with van der Waals surface area (Å²) in [5.74, 6) is 0.637. The van der Waals surface area contributed by atoms with Crippen molar-refractivity contribution in [2.45, 2.75) is 116 Å². The maximum Gasteiger partial charge on any atom is 0.294 e. The van der Waals surface area contributed by atoms with Gasteiger partial charge in [-0.05, 0) is 121 Å². The molecule has 3 aromatic carbocycles. The van der Waals surface area contributed by atoms with E-state index in [1.165, 1.54) is 17.2 Å². The van der Waals surface area contributed by atoms with Gasteiger partial charge in [0.25, 0.3) is 16.6 Å². The quantitative estimate of drug-likeness (QED) is 0.0425. The Morgan fingerprint density at radius 1 is 0.951 bits per heavy atom. The fraction of sp³-hybridized carbons (Fsp3) is 0.449. The minimum absolute atomic E-state index is 0.0495. The molecule has 3 N–H and O–H groups in total. The number of aromatic hydroxyl groups is 1. The van der Waals surface area contributed by atoms with Crippen LogP contribution in [0.3, 0.4) is 0 Å². The molecule has 3 aliphatic rings. The number of anilines is 1. The zero-order valence-corrected chi connectivity index (χ0v) is 37.9. The number of nitrogens with one attached hydrogen (secondary N) is 1. The molecule has 2 atom stereocenters. The van der Waals surface area contributed by atoms with E-state index in [2.05, 4.69) is 85.8 Å². The number of hydrogen-bond acceptors (Lipinski definition) is 8. The molecule has 0 fully saturated rings. The fourth-order valence-electron chi connectivity index (χ4n) is 9.24. The smallest absolute Gasteiger partial charge is 0.294 e. The summed E-state index contributed by atoms with van der Waals surface area (Å²) in [6.07, 6.45) is 13.7. The lowest BCUT2D eigenvalue weighted by Gasteiger charge is -2.33. The number of benzene rings is 3. The third-order valence-electron chi connectivity index (χ3n) is 13.0. The van der Waals surface area contributed by atoms with Crippen molar-refractivity contribution in [3.63, 3.8) is 0 Å². The monoisotopic (exact) mass is 852 g/mol. The second-order valence-corrected chi connectivity index (χ2v) is 19.2. The molecule has 0 aromatic heterocycles. The van der Waals surface area contributed by atoms with E-state index in [4.69, 9.17) is 9.47 Å². The molecule has 3 heterocycles. The van der Waals surface area contributed by atoms with E-state index in [0.29, 0.717) is 39.1 Å². The summed E-state index contributed by atoms with van der Waals surface area (Å²) in [5, 5.41) is 13.9. The summed E-state index contributed by atoms with van der Waals surface area (Å²) in [4.78, 5) is 26.4. The first-order valence-corrected chi connectivity index (χ1v) is 22.8. The van der Waals surface area contributed by atoms with E-state index in [9.17, 15) is 27.7 Å². The van der Waals surface area contributed by atoms with Crippen molar-refractivity contribution < 1.29 is 41.7 Å². The van der Waals surface area contributed by atoms with Gasteiger partial charge in [-0.1, -0.05) is 49.8 Å². The second kappa shape index (κ2) is 18.0. The average Bonchev–Trinajstić information content (AvgIpc) is 3.55. The maximum absolute atomic E-state index is 13.6. The highest BCUT2D eigenvalue weighted by Gasteiger charge is 2.45. The van der Waals surface area contributed by atoms with Crippen LogP contribution >= 0.6 is 0 Å². The van der Waals surface area contributed by atoms with Crippen LogP contribution in [0.4, 0.5) is 11.4 Å². The van der Waals surface area contributed by atoms with E-state index in [0.717, 1.165) is 82.0 Å². The van der Waals surface area contributed by atoms with Crippen molar-refractivity contribution in [2.75, 3.05) is 31.1 Å². The molecule has 326 valence electrons. The van der Waals surface area contributed by atoms with Crippen LogP contribution in [0, 0.1) is 33.6 Å². The first-order chi connectivity index (χ1) is 28.8. The molecule has 61 heavy (non-hydrogen) atoms. The molecule has 2 unspecified atom stereocenters. The van der Waals surface area contributed by atoms with Gasteiger partial charge >= 0.3 is 0 Å². The van der Waals surface area contributed by atoms with Gasteiger partial charge < -0.3 is 24.8 Å². The Bertz CT molecular complexity index is 2440. The molecule has 0 bridgehead atoms. The van der Waals surface area contributed by atoms with Gasteiger partial charge in [-0.15, -0.1) is 0 Å². The van der Waals surface area contributed by atoms with Gasteiger partial charge in [-0.25, -0.2) is 0 Å². The van der Waals surface area contributed by atoms with Crippen LogP contribution in [-0.2, 0) is 41.7 Å². The Hall–Kier alpha value is -5.20. The topological polar surface area (TPSA) is 145 Å². The van der Waals surface area contributed by atoms with Gasteiger partial charge in [0.05, 0.1) is 22.8 Å². The number of aryl methyl sites for hydroxylation is 1. The number of hydrogen-bond donors (Lipinski definition) is 3. The number of nitrogens with zero attached hydrogens (tertiary/aromatic N) is 2. The number of carbonyl (C=O) groups is 2. The Labute approximate surface area is 361 Å². The molecule has 0 saturated carbocycles. The van der Waals surface area contributed by atoms with Crippen LogP contribution in [0.25, 0.3) is 0 Å². The number of carbonyl (C=O) groups excluding carboxylic acids is 2. The molecule has 3 aromatic rings. The summed E-state index contributed by atoms with van der Waals surface area (Å²) in [7, 11) is -4.38.